The van der Waals surface area contributed by atoms with E-state index in [0.717, 1.165) is 5.56 Å². The van der Waals surface area contributed by atoms with Gasteiger partial charge in [0.15, 0.2) is 8.25 Å². The lowest BCUT2D eigenvalue weighted by Gasteiger charge is -2.25. The highest BCUT2D eigenvalue weighted by Gasteiger charge is 2.36. The molecule has 2 aromatic rings. The summed E-state index contributed by atoms with van der Waals surface area (Å²) < 4.78 is 5.52. The molecule has 1 unspecified atom stereocenters. The quantitative estimate of drug-likeness (QED) is 0.375. The molecule has 3 nitrogen and oxygen atoms in total. The summed E-state index contributed by atoms with van der Waals surface area (Å²) in [7, 11) is 0. The topological polar surface area (TPSA) is 39.2 Å². The number of nitrogens with zero attached hydrogens (tertiary/aromatic N) is 1. The molecule has 110 valence electrons. The van der Waals surface area contributed by atoms with Crippen LogP contribution >= 0.6 is 63.7 Å². The lowest BCUT2D eigenvalue weighted by molar-refractivity contribution is 0.0324. The van der Waals surface area contributed by atoms with Gasteiger partial charge >= 0.3 is 5.97 Å². The lowest BCUT2D eigenvalue weighted by Crippen LogP contribution is -2.22. The monoisotopic (exact) mass is 539 g/mol. The third-order valence-corrected chi connectivity index (χ3v) is 4.54. The van der Waals surface area contributed by atoms with Crippen LogP contribution in [0.2, 0.25) is 0 Å². The molecule has 1 aromatic heterocycles. The van der Waals surface area contributed by atoms with Gasteiger partial charge in [0.2, 0.25) is 0 Å². The second-order valence-corrected chi connectivity index (χ2v) is 11.9. The SMILES string of the molecule is O=C(OC(c1cccnc1)C(Br)(Br)Br)c1ccccc1Br. The molecule has 1 aromatic carbocycles. The zero-order chi connectivity index (χ0) is 15.5. The number of ether oxygens (including phenoxy) is 1. The number of aromatic nitrogens is 1. The average molecular weight is 543 g/mol. The first-order valence-corrected chi connectivity index (χ1v) is 8.99. The normalized spacial score (nSPS) is 12.8. The summed E-state index contributed by atoms with van der Waals surface area (Å²) in [5.74, 6) is -0.431. The fourth-order valence-corrected chi connectivity index (χ4v) is 3.17. The predicted molar refractivity (Wildman–Crippen MR) is 96.0 cm³/mol. The first kappa shape index (κ1) is 17.1. The summed E-state index contributed by atoms with van der Waals surface area (Å²) in [5, 5.41) is 0. The van der Waals surface area contributed by atoms with E-state index in [1.165, 1.54) is 0 Å². The van der Waals surface area contributed by atoms with Crippen molar-refractivity contribution in [3.8, 4) is 0 Å². The summed E-state index contributed by atoms with van der Waals surface area (Å²) in [6, 6.07) is 10.7. The molecule has 0 saturated heterocycles. The number of carbonyl (C=O) groups excluding carboxylic acids is 1. The summed E-state index contributed by atoms with van der Waals surface area (Å²) in [4.78, 5) is 16.4. The molecular formula is C14H9Br4NO2. The molecule has 0 spiro atoms. The number of carbonyl (C=O) groups is 1. The van der Waals surface area contributed by atoms with Gasteiger partial charge in [-0.05, 0) is 34.1 Å². The number of rotatable bonds is 3. The van der Waals surface area contributed by atoms with Crippen LogP contribution in [-0.2, 0) is 4.74 Å². The van der Waals surface area contributed by atoms with Crippen LogP contribution in [0.1, 0.15) is 22.0 Å². The Kier molecular flexibility index (Phi) is 5.99. The van der Waals surface area contributed by atoms with E-state index >= 15 is 0 Å². The molecule has 0 radical (unpaired) electrons. The summed E-state index contributed by atoms with van der Waals surface area (Å²) >= 11 is 13.6. The fraction of sp³-hybridized carbons (Fsp3) is 0.143. The zero-order valence-corrected chi connectivity index (χ0v) is 16.8. The van der Waals surface area contributed by atoms with Crippen molar-refractivity contribution in [1.29, 1.82) is 0 Å². The van der Waals surface area contributed by atoms with Gasteiger partial charge in [-0.15, -0.1) is 0 Å². The highest BCUT2D eigenvalue weighted by molar-refractivity contribution is 9.39. The molecule has 0 amide bonds. The van der Waals surface area contributed by atoms with Crippen LogP contribution < -0.4 is 0 Å². The highest BCUT2D eigenvalue weighted by Crippen LogP contribution is 2.47. The van der Waals surface area contributed by atoms with Gasteiger partial charge in [-0.1, -0.05) is 66.0 Å². The van der Waals surface area contributed by atoms with Crippen molar-refractivity contribution >= 4 is 69.7 Å². The minimum atomic E-state index is -0.785. The molecule has 7 heteroatoms. The van der Waals surface area contributed by atoms with E-state index in [9.17, 15) is 4.79 Å². The Bertz CT molecular complexity index is 628. The van der Waals surface area contributed by atoms with Gasteiger partial charge in [0.05, 0.1) is 5.56 Å². The molecule has 0 aliphatic rings. The van der Waals surface area contributed by atoms with Crippen molar-refractivity contribution in [1.82, 2.24) is 4.98 Å². The number of esters is 1. The number of halogens is 4. The van der Waals surface area contributed by atoms with Gasteiger partial charge in [0, 0.05) is 22.4 Å². The van der Waals surface area contributed by atoms with E-state index in [2.05, 4.69) is 68.7 Å². The molecule has 21 heavy (non-hydrogen) atoms. The number of pyridine rings is 1. The Morgan fingerprint density at radius 1 is 1.14 bits per heavy atom. The maximum Gasteiger partial charge on any atom is 0.340 e. The predicted octanol–water partition coefficient (Wildman–Crippen LogP) is 5.58. The second kappa shape index (κ2) is 7.35. The second-order valence-electron chi connectivity index (χ2n) is 4.09. The summed E-state index contributed by atoms with van der Waals surface area (Å²) in [5.41, 5.74) is 1.21. The minimum absolute atomic E-state index is 0.431. The molecular weight excluding hydrogens is 534 g/mol. The van der Waals surface area contributed by atoms with Crippen molar-refractivity contribution in [2.45, 2.75) is 8.25 Å². The van der Waals surface area contributed by atoms with Gasteiger partial charge in [0.25, 0.3) is 0 Å². The Hall–Kier alpha value is -0.240. The van der Waals surface area contributed by atoms with Crippen LogP contribution in [0.4, 0.5) is 0 Å². The first-order chi connectivity index (χ1) is 9.89. The van der Waals surface area contributed by atoms with Gasteiger partial charge < -0.3 is 4.74 Å². The van der Waals surface area contributed by atoms with Crippen molar-refractivity contribution in [2.75, 3.05) is 0 Å². The van der Waals surface area contributed by atoms with Gasteiger partial charge in [-0.2, -0.15) is 0 Å². The van der Waals surface area contributed by atoms with Gasteiger partial charge in [-0.3, -0.25) is 4.98 Å². The molecule has 0 aliphatic heterocycles. The number of hydrogen-bond donors (Lipinski definition) is 0. The molecule has 1 heterocycles. The van der Waals surface area contributed by atoms with Crippen LogP contribution in [-0.4, -0.2) is 13.1 Å². The fourth-order valence-electron chi connectivity index (χ4n) is 1.65. The standard InChI is InChI=1S/C14H9Br4NO2/c15-11-6-2-1-5-10(11)13(20)21-12(14(16,17)18)9-4-3-7-19-8-9/h1-8,12H. The van der Waals surface area contributed by atoms with E-state index in [0.29, 0.717) is 10.0 Å². The number of alkyl halides is 3. The maximum atomic E-state index is 12.4. The number of hydrogen-bond acceptors (Lipinski definition) is 3. The Balaban J connectivity index is 2.29. The molecule has 0 fully saturated rings. The van der Waals surface area contributed by atoms with E-state index < -0.39 is 14.2 Å². The Morgan fingerprint density at radius 3 is 2.43 bits per heavy atom. The van der Waals surface area contributed by atoms with E-state index in [4.69, 9.17) is 4.74 Å². The van der Waals surface area contributed by atoms with E-state index in [1.54, 1.807) is 36.7 Å². The van der Waals surface area contributed by atoms with Gasteiger partial charge in [0.1, 0.15) is 0 Å². The molecule has 0 saturated carbocycles. The van der Waals surface area contributed by atoms with Crippen molar-refractivity contribution in [2.24, 2.45) is 0 Å². The third-order valence-electron chi connectivity index (χ3n) is 2.60. The Labute approximate surface area is 156 Å². The van der Waals surface area contributed by atoms with Crippen LogP contribution in [0, 0.1) is 0 Å². The molecule has 0 aliphatic carbocycles. The van der Waals surface area contributed by atoms with Crippen LogP contribution in [0.15, 0.2) is 53.3 Å². The zero-order valence-electron chi connectivity index (χ0n) is 10.5. The van der Waals surface area contributed by atoms with Crippen LogP contribution in [0.25, 0.3) is 0 Å². The van der Waals surface area contributed by atoms with Crippen molar-refractivity contribution < 1.29 is 9.53 Å². The number of benzene rings is 1. The van der Waals surface area contributed by atoms with Crippen LogP contribution in [0.5, 0.6) is 0 Å². The largest absolute Gasteiger partial charge is 0.450 e. The summed E-state index contributed by atoms with van der Waals surface area (Å²) in [6.07, 6.45) is 2.70. The molecule has 0 N–H and O–H groups in total. The Morgan fingerprint density at radius 2 is 1.86 bits per heavy atom. The van der Waals surface area contributed by atoms with Crippen molar-refractivity contribution in [3.05, 3.63) is 64.4 Å². The maximum absolute atomic E-state index is 12.4. The molecule has 0 bridgehead atoms. The minimum Gasteiger partial charge on any atom is -0.450 e. The summed E-state index contributed by atoms with van der Waals surface area (Å²) in [6.45, 7) is 0. The average Bonchev–Trinajstić information content (AvgIpc) is 2.44. The van der Waals surface area contributed by atoms with Gasteiger partial charge in [-0.25, -0.2) is 4.79 Å². The smallest absolute Gasteiger partial charge is 0.340 e. The molecule has 1 atom stereocenters. The first-order valence-electron chi connectivity index (χ1n) is 5.81. The lowest BCUT2D eigenvalue weighted by atomic mass is 10.2. The highest BCUT2D eigenvalue weighted by atomic mass is 80.0. The third kappa shape index (κ3) is 4.61. The molecule has 2 rings (SSSR count). The van der Waals surface area contributed by atoms with E-state index in [1.807, 2.05) is 12.1 Å². The van der Waals surface area contributed by atoms with E-state index in [-0.39, 0.29) is 0 Å². The van der Waals surface area contributed by atoms with Crippen LogP contribution in [0.3, 0.4) is 0 Å². The van der Waals surface area contributed by atoms with Crippen molar-refractivity contribution in [3.63, 3.8) is 0 Å².